The number of hydrogen-bond donors (Lipinski definition) is 1. The van der Waals surface area contributed by atoms with Gasteiger partial charge in [0.15, 0.2) is 0 Å². The Bertz CT molecular complexity index is 435. The van der Waals surface area contributed by atoms with Gasteiger partial charge in [-0.25, -0.2) is 0 Å². The minimum absolute atomic E-state index is 0.184. The Kier molecular flexibility index (Phi) is 3.52. The third-order valence-electron chi connectivity index (χ3n) is 3.45. The molecule has 0 saturated carbocycles. The van der Waals surface area contributed by atoms with Crippen molar-refractivity contribution in [1.29, 1.82) is 0 Å². The molecule has 0 fully saturated rings. The van der Waals surface area contributed by atoms with Gasteiger partial charge in [0.25, 0.3) is 0 Å². The average Bonchev–Trinajstić information content (AvgIpc) is 2.27. The first kappa shape index (κ1) is 12.3. The van der Waals surface area contributed by atoms with Gasteiger partial charge >= 0.3 is 0 Å². The van der Waals surface area contributed by atoms with E-state index in [1.807, 2.05) is 19.2 Å². The Balaban J connectivity index is 2.62. The largest absolute Gasteiger partial charge is 0.313 e. The fraction of sp³-hybridized carbons (Fsp3) is 0.500. The summed E-state index contributed by atoms with van der Waals surface area (Å²) in [4.78, 5) is 0.965. The van der Waals surface area contributed by atoms with Gasteiger partial charge in [0.1, 0.15) is 0 Å². The zero-order valence-corrected chi connectivity index (χ0v) is 12.1. The van der Waals surface area contributed by atoms with Crippen LogP contribution >= 0.6 is 15.9 Å². The highest BCUT2D eigenvalue weighted by atomic mass is 79.9. The van der Waals surface area contributed by atoms with Crippen molar-refractivity contribution in [2.45, 2.75) is 30.0 Å². The molecule has 0 radical (unpaired) electrons. The Hall–Kier alpha value is -0.190. The van der Waals surface area contributed by atoms with Crippen LogP contribution in [0.15, 0.2) is 27.6 Å². The molecule has 2 rings (SSSR count). The van der Waals surface area contributed by atoms with Crippen molar-refractivity contribution in [3.63, 3.8) is 0 Å². The fourth-order valence-electron chi connectivity index (χ4n) is 2.34. The van der Waals surface area contributed by atoms with Crippen molar-refractivity contribution >= 4 is 26.7 Å². The van der Waals surface area contributed by atoms with Crippen LogP contribution in [0.1, 0.15) is 25.5 Å². The van der Waals surface area contributed by atoms with E-state index in [9.17, 15) is 4.21 Å². The maximum absolute atomic E-state index is 12.4. The minimum Gasteiger partial charge on any atom is -0.313 e. The molecule has 0 aliphatic carbocycles. The van der Waals surface area contributed by atoms with Gasteiger partial charge in [-0.2, -0.15) is 0 Å². The van der Waals surface area contributed by atoms with E-state index in [1.54, 1.807) is 0 Å². The molecule has 1 aromatic carbocycles. The molecule has 0 amide bonds. The molecular weight excluding hydrogens is 286 g/mol. The van der Waals surface area contributed by atoms with Crippen LogP contribution in [0.5, 0.6) is 0 Å². The maximum Gasteiger partial charge on any atom is 0.0580 e. The van der Waals surface area contributed by atoms with Crippen LogP contribution < -0.4 is 5.32 Å². The van der Waals surface area contributed by atoms with Gasteiger partial charge in [0.2, 0.25) is 0 Å². The standard InChI is InChI=1S/C12H16BrNOS/c1-7-8(2)16(15)12-9(11(7)14-3)5-4-6-10(12)13/h4-8,11,14H,1-3H3. The van der Waals surface area contributed by atoms with Gasteiger partial charge in [-0.3, -0.25) is 4.21 Å². The predicted octanol–water partition coefficient (Wildman–Crippen LogP) is 2.86. The summed E-state index contributed by atoms with van der Waals surface area (Å²) in [5.41, 5.74) is 1.17. The molecule has 16 heavy (non-hydrogen) atoms. The molecule has 0 aromatic heterocycles. The second-order valence-electron chi connectivity index (χ2n) is 4.29. The summed E-state index contributed by atoms with van der Waals surface area (Å²) in [5.74, 6) is 0.382. The van der Waals surface area contributed by atoms with Crippen molar-refractivity contribution in [2.24, 2.45) is 5.92 Å². The summed E-state index contributed by atoms with van der Waals surface area (Å²) in [6, 6.07) is 6.33. The van der Waals surface area contributed by atoms with Crippen LogP contribution in [-0.2, 0) is 10.8 Å². The third-order valence-corrected chi connectivity index (χ3v) is 6.33. The molecule has 4 atom stereocenters. The van der Waals surface area contributed by atoms with Crippen molar-refractivity contribution in [1.82, 2.24) is 5.32 Å². The van der Waals surface area contributed by atoms with E-state index in [0.717, 1.165) is 9.37 Å². The molecule has 0 bridgehead atoms. The second-order valence-corrected chi connectivity index (χ2v) is 6.89. The highest BCUT2D eigenvalue weighted by molar-refractivity contribution is 9.10. The van der Waals surface area contributed by atoms with E-state index in [0.29, 0.717) is 12.0 Å². The lowest BCUT2D eigenvalue weighted by Gasteiger charge is -2.35. The molecule has 1 aliphatic rings. The number of halogens is 1. The summed E-state index contributed by atoms with van der Waals surface area (Å²) in [6.07, 6.45) is 0. The van der Waals surface area contributed by atoms with Gasteiger partial charge in [-0.15, -0.1) is 0 Å². The van der Waals surface area contributed by atoms with E-state index >= 15 is 0 Å². The monoisotopic (exact) mass is 301 g/mol. The molecule has 1 aliphatic heterocycles. The molecule has 88 valence electrons. The summed E-state index contributed by atoms with van der Waals surface area (Å²) in [5, 5.41) is 3.52. The molecule has 1 N–H and O–H groups in total. The van der Waals surface area contributed by atoms with Crippen molar-refractivity contribution in [3.8, 4) is 0 Å². The van der Waals surface area contributed by atoms with Crippen LogP contribution in [0, 0.1) is 5.92 Å². The van der Waals surface area contributed by atoms with Crippen molar-refractivity contribution in [2.75, 3.05) is 7.05 Å². The third kappa shape index (κ3) is 1.77. The van der Waals surface area contributed by atoms with Gasteiger partial charge in [-0.1, -0.05) is 26.0 Å². The first-order chi connectivity index (χ1) is 7.57. The van der Waals surface area contributed by atoms with Crippen LogP contribution in [0.4, 0.5) is 0 Å². The normalized spacial score (nSPS) is 33.5. The highest BCUT2D eigenvalue weighted by Crippen LogP contribution is 2.40. The number of benzene rings is 1. The molecule has 1 heterocycles. The lowest BCUT2D eigenvalue weighted by Crippen LogP contribution is -2.37. The van der Waals surface area contributed by atoms with E-state index in [-0.39, 0.29) is 5.25 Å². The first-order valence-electron chi connectivity index (χ1n) is 5.44. The molecule has 0 spiro atoms. The predicted molar refractivity (Wildman–Crippen MR) is 71.0 cm³/mol. The topological polar surface area (TPSA) is 29.1 Å². The van der Waals surface area contributed by atoms with E-state index in [2.05, 4.69) is 41.2 Å². The molecule has 2 nitrogen and oxygen atoms in total. The molecule has 4 unspecified atom stereocenters. The molecule has 0 saturated heterocycles. The lowest BCUT2D eigenvalue weighted by molar-refractivity contribution is 0.388. The minimum atomic E-state index is -0.911. The Morgan fingerprint density at radius 2 is 2.06 bits per heavy atom. The summed E-state index contributed by atoms with van der Waals surface area (Å²) in [7, 11) is 1.05. The Morgan fingerprint density at radius 3 is 2.69 bits per heavy atom. The van der Waals surface area contributed by atoms with Crippen molar-refractivity contribution < 1.29 is 4.21 Å². The van der Waals surface area contributed by atoms with E-state index in [1.165, 1.54) is 5.56 Å². The van der Waals surface area contributed by atoms with Crippen LogP contribution in [-0.4, -0.2) is 16.5 Å². The van der Waals surface area contributed by atoms with Crippen LogP contribution in [0.25, 0.3) is 0 Å². The van der Waals surface area contributed by atoms with Gasteiger partial charge in [0.05, 0.1) is 15.7 Å². The van der Waals surface area contributed by atoms with Crippen molar-refractivity contribution in [3.05, 3.63) is 28.2 Å². The van der Waals surface area contributed by atoms with Crippen LogP contribution in [0.2, 0.25) is 0 Å². The number of rotatable bonds is 1. The van der Waals surface area contributed by atoms with E-state index in [4.69, 9.17) is 0 Å². The summed E-state index contributed by atoms with van der Waals surface area (Å²) < 4.78 is 13.3. The van der Waals surface area contributed by atoms with Crippen LogP contribution in [0.3, 0.4) is 0 Å². The van der Waals surface area contributed by atoms with Gasteiger partial charge in [-0.05, 0) is 40.5 Å². The van der Waals surface area contributed by atoms with Gasteiger partial charge < -0.3 is 5.32 Å². The molecule has 1 aromatic rings. The zero-order valence-electron chi connectivity index (χ0n) is 9.66. The number of hydrogen-bond acceptors (Lipinski definition) is 2. The number of fused-ring (bicyclic) bond motifs is 1. The highest BCUT2D eigenvalue weighted by Gasteiger charge is 2.36. The summed E-state index contributed by atoms with van der Waals surface area (Å²) in [6.45, 7) is 4.22. The quantitative estimate of drug-likeness (QED) is 0.864. The first-order valence-corrected chi connectivity index (χ1v) is 7.44. The average molecular weight is 302 g/mol. The number of nitrogens with one attached hydrogen (secondary N) is 1. The zero-order chi connectivity index (χ0) is 11.9. The lowest BCUT2D eigenvalue weighted by atomic mass is 9.91. The maximum atomic E-state index is 12.4. The second kappa shape index (κ2) is 4.59. The Morgan fingerprint density at radius 1 is 1.38 bits per heavy atom. The summed E-state index contributed by atoms with van der Waals surface area (Å²) >= 11 is 3.51. The SMILES string of the molecule is CNC1c2cccc(Br)c2S(=O)C(C)C1C. The smallest absolute Gasteiger partial charge is 0.0580 e. The van der Waals surface area contributed by atoms with E-state index < -0.39 is 10.8 Å². The molecule has 4 heteroatoms. The Labute approximate surface area is 107 Å². The molecular formula is C12H16BrNOS. The van der Waals surface area contributed by atoms with Gasteiger partial charge in [0, 0.05) is 15.8 Å². The fourth-order valence-corrected chi connectivity index (χ4v) is 4.80.